The molecule has 0 saturated heterocycles. The van der Waals surface area contributed by atoms with Gasteiger partial charge in [-0.25, -0.2) is 9.78 Å². The summed E-state index contributed by atoms with van der Waals surface area (Å²) in [5, 5.41) is 4.12. The van der Waals surface area contributed by atoms with E-state index in [1.165, 1.54) is 18.3 Å². The van der Waals surface area contributed by atoms with Crippen LogP contribution in [0.5, 0.6) is 0 Å². The Morgan fingerprint density at radius 2 is 1.92 bits per heavy atom. The van der Waals surface area contributed by atoms with Crippen molar-refractivity contribution in [2.24, 2.45) is 0 Å². The number of nitrogens with one attached hydrogen (secondary N) is 1. The number of ether oxygens (including phenoxy) is 1. The average molecular weight is 365 g/mol. The molecule has 0 aliphatic heterocycles. The van der Waals surface area contributed by atoms with Crippen LogP contribution in [-0.4, -0.2) is 23.5 Å². The second kappa shape index (κ2) is 6.90. The molecule has 6 nitrogen and oxygen atoms in total. The van der Waals surface area contributed by atoms with Crippen LogP contribution in [0.25, 0.3) is 11.0 Å². The number of fused-ring (bicyclic) bond motifs is 1. The predicted octanol–water partition coefficient (Wildman–Crippen LogP) is 3.93. The molecular weight excluding hydrogens is 355 g/mol. The third-order valence-corrected chi connectivity index (χ3v) is 3.47. The van der Waals surface area contributed by atoms with Gasteiger partial charge < -0.3 is 14.5 Å². The summed E-state index contributed by atoms with van der Waals surface area (Å²) in [4.78, 5) is 27.6. The highest BCUT2D eigenvalue weighted by Crippen LogP contribution is 2.23. The molecule has 1 amide bonds. The maximum atomic E-state index is 11.9. The minimum atomic E-state index is -0.749. The van der Waals surface area contributed by atoms with E-state index in [9.17, 15) is 9.59 Å². The number of carbonyl (C=O) groups is 2. The maximum absolute atomic E-state index is 11.9. The van der Waals surface area contributed by atoms with Gasteiger partial charge in [0.25, 0.3) is 5.91 Å². The van der Waals surface area contributed by atoms with Gasteiger partial charge in [-0.05, 0) is 36.4 Å². The number of benzene rings is 1. The SMILES string of the molecule is O=C(COC(=O)c1cc2cc(Cl)ccc2o1)Nc1ccc(Cl)cn1. The zero-order valence-corrected chi connectivity index (χ0v) is 13.6. The Hall–Kier alpha value is -2.57. The van der Waals surface area contributed by atoms with Crippen molar-refractivity contribution in [3.05, 3.63) is 58.4 Å². The van der Waals surface area contributed by atoms with Gasteiger partial charge in [0.2, 0.25) is 5.76 Å². The Morgan fingerprint density at radius 1 is 1.12 bits per heavy atom. The molecule has 1 N–H and O–H groups in total. The van der Waals surface area contributed by atoms with Gasteiger partial charge in [-0.15, -0.1) is 0 Å². The number of pyridine rings is 1. The quantitative estimate of drug-likeness (QED) is 0.709. The highest BCUT2D eigenvalue weighted by molar-refractivity contribution is 6.31. The first-order chi connectivity index (χ1) is 11.5. The fourth-order valence-electron chi connectivity index (χ4n) is 1.95. The van der Waals surface area contributed by atoms with Gasteiger partial charge in [0.15, 0.2) is 6.61 Å². The lowest BCUT2D eigenvalue weighted by atomic mass is 10.2. The molecule has 122 valence electrons. The number of rotatable bonds is 4. The van der Waals surface area contributed by atoms with Gasteiger partial charge >= 0.3 is 5.97 Å². The van der Waals surface area contributed by atoms with Gasteiger partial charge in [0.05, 0.1) is 5.02 Å². The van der Waals surface area contributed by atoms with Crippen LogP contribution in [0.4, 0.5) is 5.82 Å². The molecule has 1 aromatic carbocycles. The lowest BCUT2D eigenvalue weighted by molar-refractivity contribution is -0.119. The van der Waals surface area contributed by atoms with Crippen LogP contribution in [0.3, 0.4) is 0 Å². The van der Waals surface area contributed by atoms with E-state index in [0.29, 0.717) is 26.8 Å². The van der Waals surface area contributed by atoms with Crippen molar-refractivity contribution in [3.8, 4) is 0 Å². The largest absolute Gasteiger partial charge is 0.450 e. The lowest BCUT2D eigenvalue weighted by Gasteiger charge is -2.04. The first-order valence-electron chi connectivity index (χ1n) is 6.79. The Balaban J connectivity index is 1.59. The van der Waals surface area contributed by atoms with E-state index in [-0.39, 0.29) is 5.76 Å². The van der Waals surface area contributed by atoms with Gasteiger partial charge in [0, 0.05) is 16.6 Å². The van der Waals surface area contributed by atoms with Gasteiger partial charge in [0.1, 0.15) is 11.4 Å². The number of carbonyl (C=O) groups excluding carboxylic acids is 2. The summed E-state index contributed by atoms with van der Waals surface area (Å²) < 4.78 is 10.3. The molecule has 0 bridgehead atoms. The molecule has 0 aliphatic rings. The zero-order chi connectivity index (χ0) is 17.1. The first-order valence-corrected chi connectivity index (χ1v) is 7.54. The van der Waals surface area contributed by atoms with Gasteiger partial charge in [-0.2, -0.15) is 0 Å². The Morgan fingerprint density at radius 3 is 2.67 bits per heavy atom. The number of furan rings is 1. The molecule has 2 heterocycles. The highest BCUT2D eigenvalue weighted by atomic mass is 35.5. The molecule has 24 heavy (non-hydrogen) atoms. The molecule has 0 atom stereocenters. The molecular formula is C16H10Cl2N2O4. The summed E-state index contributed by atoms with van der Waals surface area (Å²) in [6, 6.07) is 9.57. The summed E-state index contributed by atoms with van der Waals surface area (Å²) >= 11 is 11.6. The fourth-order valence-corrected chi connectivity index (χ4v) is 2.24. The van der Waals surface area contributed by atoms with Gasteiger partial charge in [-0.1, -0.05) is 23.2 Å². The minimum absolute atomic E-state index is 0.00955. The molecule has 0 radical (unpaired) electrons. The van der Waals surface area contributed by atoms with E-state index in [4.69, 9.17) is 32.4 Å². The predicted molar refractivity (Wildman–Crippen MR) is 89.4 cm³/mol. The van der Waals surface area contributed by atoms with Crippen LogP contribution in [0.1, 0.15) is 10.6 Å². The van der Waals surface area contributed by atoms with Crippen molar-refractivity contribution in [1.82, 2.24) is 4.98 Å². The number of nitrogens with zero attached hydrogens (tertiary/aromatic N) is 1. The monoisotopic (exact) mass is 364 g/mol. The van der Waals surface area contributed by atoms with Crippen LogP contribution in [0.2, 0.25) is 10.0 Å². The number of halogens is 2. The van der Waals surface area contributed by atoms with E-state index in [1.807, 2.05) is 0 Å². The van der Waals surface area contributed by atoms with Crippen molar-refractivity contribution < 1.29 is 18.7 Å². The lowest BCUT2D eigenvalue weighted by Crippen LogP contribution is -2.21. The number of aromatic nitrogens is 1. The molecule has 8 heteroatoms. The number of anilines is 1. The summed E-state index contributed by atoms with van der Waals surface area (Å²) in [6.07, 6.45) is 1.39. The van der Waals surface area contributed by atoms with Crippen LogP contribution in [0, 0.1) is 0 Å². The maximum Gasteiger partial charge on any atom is 0.374 e. The van der Waals surface area contributed by atoms with E-state index >= 15 is 0 Å². The van der Waals surface area contributed by atoms with Crippen molar-refractivity contribution >= 4 is 51.9 Å². The smallest absolute Gasteiger partial charge is 0.374 e. The molecule has 0 fully saturated rings. The highest BCUT2D eigenvalue weighted by Gasteiger charge is 2.16. The van der Waals surface area contributed by atoms with E-state index < -0.39 is 18.5 Å². The van der Waals surface area contributed by atoms with Crippen LogP contribution >= 0.6 is 23.2 Å². The number of hydrogen-bond acceptors (Lipinski definition) is 5. The molecule has 2 aromatic heterocycles. The van der Waals surface area contributed by atoms with Crippen LogP contribution in [-0.2, 0) is 9.53 Å². The molecule has 0 unspecified atom stereocenters. The minimum Gasteiger partial charge on any atom is -0.450 e. The van der Waals surface area contributed by atoms with Crippen molar-refractivity contribution in [1.29, 1.82) is 0 Å². The third kappa shape index (κ3) is 3.84. The summed E-state index contributed by atoms with van der Waals surface area (Å²) in [7, 11) is 0. The summed E-state index contributed by atoms with van der Waals surface area (Å²) in [6.45, 7) is -0.471. The number of esters is 1. The summed E-state index contributed by atoms with van der Waals surface area (Å²) in [5.74, 6) is -0.984. The fraction of sp³-hybridized carbons (Fsp3) is 0.0625. The first kappa shape index (κ1) is 16.3. The molecule has 3 aromatic rings. The average Bonchev–Trinajstić information content (AvgIpc) is 2.98. The Bertz CT molecular complexity index is 906. The standard InChI is InChI=1S/C16H10Cl2N2O4/c17-10-1-3-12-9(5-10)6-13(24-12)16(22)23-8-15(21)20-14-4-2-11(18)7-19-14/h1-7H,8H2,(H,19,20,21). The zero-order valence-electron chi connectivity index (χ0n) is 12.1. The summed E-state index contributed by atoms with van der Waals surface area (Å²) in [5.41, 5.74) is 0.501. The molecule has 0 saturated carbocycles. The normalized spacial score (nSPS) is 10.6. The second-order valence-electron chi connectivity index (χ2n) is 4.78. The van der Waals surface area contributed by atoms with E-state index in [2.05, 4.69) is 10.3 Å². The Labute approximate surface area is 146 Å². The second-order valence-corrected chi connectivity index (χ2v) is 5.65. The number of amides is 1. The van der Waals surface area contributed by atoms with E-state index in [1.54, 1.807) is 24.3 Å². The Kier molecular flexibility index (Phi) is 4.69. The van der Waals surface area contributed by atoms with Crippen LogP contribution < -0.4 is 5.32 Å². The topological polar surface area (TPSA) is 81.4 Å². The third-order valence-electron chi connectivity index (χ3n) is 3.01. The molecule has 0 aliphatic carbocycles. The van der Waals surface area contributed by atoms with Crippen molar-refractivity contribution in [3.63, 3.8) is 0 Å². The number of hydrogen-bond donors (Lipinski definition) is 1. The van der Waals surface area contributed by atoms with Crippen molar-refractivity contribution in [2.45, 2.75) is 0 Å². The van der Waals surface area contributed by atoms with Crippen LogP contribution in [0.15, 0.2) is 47.0 Å². The van der Waals surface area contributed by atoms with Gasteiger partial charge in [-0.3, -0.25) is 4.79 Å². The molecule has 0 spiro atoms. The molecule has 3 rings (SSSR count). The van der Waals surface area contributed by atoms with E-state index in [0.717, 1.165) is 0 Å². The van der Waals surface area contributed by atoms with Crippen molar-refractivity contribution in [2.75, 3.05) is 11.9 Å².